The van der Waals surface area contributed by atoms with Gasteiger partial charge in [-0.2, -0.15) is 0 Å². The average molecular weight is 252 g/mol. The van der Waals surface area contributed by atoms with Crippen LogP contribution in [0, 0.1) is 0 Å². The minimum atomic E-state index is 0.256. The van der Waals surface area contributed by atoms with Gasteiger partial charge in [0.25, 0.3) is 0 Å². The van der Waals surface area contributed by atoms with Gasteiger partial charge in [-0.15, -0.1) is 0 Å². The van der Waals surface area contributed by atoms with Crippen molar-refractivity contribution in [2.75, 3.05) is 12.8 Å². The van der Waals surface area contributed by atoms with Crippen molar-refractivity contribution < 1.29 is 4.74 Å². The van der Waals surface area contributed by atoms with Crippen LogP contribution >= 0.6 is 0 Å². The predicted octanol–water partition coefficient (Wildman–Crippen LogP) is 2.28. The summed E-state index contributed by atoms with van der Waals surface area (Å²) in [4.78, 5) is 12.2. The van der Waals surface area contributed by atoms with E-state index in [9.17, 15) is 0 Å². The Morgan fingerprint density at radius 3 is 2.68 bits per heavy atom. The number of hydrogen-bond acceptors (Lipinski definition) is 5. The number of nitrogens with two attached hydrogens (primary N) is 1. The molecule has 94 valence electrons. The molecule has 0 atom stereocenters. The number of rotatable bonds is 2. The highest BCUT2D eigenvalue weighted by Crippen LogP contribution is 2.33. The molecule has 2 heterocycles. The van der Waals surface area contributed by atoms with Crippen LogP contribution < -0.4 is 10.5 Å². The Bertz CT molecular complexity index is 728. The smallest absolute Gasteiger partial charge is 0.220 e. The topological polar surface area (TPSA) is 73.9 Å². The quantitative estimate of drug-likeness (QED) is 0.757. The molecule has 3 rings (SSSR count). The molecular weight excluding hydrogens is 240 g/mol. The van der Waals surface area contributed by atoms with Gasteiger partial charge in [0, 0.05) is 35.6 Å². The Morgan fingerprint density at radius 1 is 1.16 bits per heavy atom. The number of hydrogen-bond donors (Lipinski definition) is 1. The second kappa shape index (κ2) is 4.53. The monoisotopic (exact) mass is 252 g/mol. The molecule has 0 saturated carbocycles. The summed E-state index contributed by atoms with van der Waals surface area (Å²) >= 11 is 0. The van der Waals surface area contributed by atoms with Crippen LogP contribution in [0.1, 0.15) is 0 Å². The van der Waals surface area contributed by atoms with Gasteiger partial charge in [0.05, 0.1) is 12.6 Å². The Morgan fingerprint density at radius 2 is 1.95 bits per heavy atom. The van der Waals surface area contributed by atoms with Crippen LogP contribution in [-0.2, 0) is 0 Å². The maximum Gasteiger partial charge on any atom is 0.220 e. The molecule has 1 aromatic carbocycles. The van der Waals surface area contributed by atoms with Crippen molar-refractivity contribution >= 4 is 16.9 Å². The highest BCUT2D eigenvalue weighted by atomic mass is 16.5. The normalized spacial score (nSPS) is 10.6. The van der Waals surface area contributed by atoms with Crippen molar-refractivity contribution in [3.63, 3.8) is 0 Å². The van der Waals surface area contributed by atoms with Crippen LogP contribution in [0.25, 0.3) is 22.0 Å². The first-order valence-electron chi connectivity index (χ1n) is 5.78. The van der Waals surface area contributed by atoms with E-state index in [2.05, 4.69) is 15.0 Å². The third-order valence-corrected chi connectivity index (χ3v) is 2.91. The standard InChI is InChI=1S/C14H12N4O/c1-19-13-7-12-10(8-17-14(15)18-12)6-11(13)9-2-4-16-5-3-9/h2-8H,1H3,(H2,15,17,18). The summed E-state index contributed by atoms with van der Waals surface area (Å²) in [6.07, 6.45) is 5.21. The van der Waals surface area contributed by atoms with E-state index in [4.69, 9.17) is 10.5 Å². The van der Waals surface area contributed by atoms with Crippen molar-refractivity contribution in [3.05, 3.63) is 42.9 Å². The molecule has 0 aliphatic carbocycles. The lowest BCUT2D eigenvalue weighted by molar-refractivity contribution is 0.417. The minimum Gasteiger partial charge on any atom is -0.496 e. The molecule has 0 aliphatic heterocycles. The van der Waals surface area contributed by atoms with Crippen LogP contribution in [0.3, 0.4) is 0 Å². The SMILES string of the molecule is COc1cc2nc(N)ncc2cc1-c1ccncc1. The van der Waals surface area contributed by atoms with Gasteiger partial charge >= 0.3 is 0 Å². The van der Waals surface area contributed by atoms with Crippen LogP contribution in [0.4, 0.5) is 5.95 Å². The number of fused-ring (bicyclic) bond motifs is 1. The Kier molecular flexibility index (Phi) is 2.72. The van der Waals surface area contributed by atoms with E-state index in [1.54, 1.807) is 25.7 Å². The van der Waals surface area contributed by atoms with Crippen LogP contribution in [-0.4, -0.2) is 22.1 Å². The highest BCUT2D eigenvalue weighted by Gasteiger charge is 2.09. The van der Waals surface area contributed by atoms with Crippen molar-refractivity contribution in [3.8, 4) is 16.9 Å². The molecule has 3 aromatic rings. The molecule has 0 radical (unpaired) electrons. The molecule has 2 aromatic heterocycles. The summed E-state index contributed by atoms with van der Waals surface area (Å²) in [7, 11) is 1.64. The fourth-order valence-electron chi connectivity index (χ4n) is 2.00. The van der Waals surface area contributed by atoms with E-state index < -0.39 is 0 Å². The van der Waals surface area contributed by atoms with Crippen molar-refractivity contribution in [1.82, 2.24) is 15.0 Å². The Balaban J connectivity index is 2.27. The number of nitrogen functional groups attached to an aromatic ring is 1. The second-order valence-electron chi connectivity index (χ2n) is 4.08. The van der Waals surface area contributed by atoms with Gasteiger partial charge in [0.1, 0.15) is 5.75 Å². The lowest BCUT2D eigenvalue weighted by atomic mass is 10.0. The third-order valence-electron chi connectivity index (χ3n) is 2.91. The largest absolute Gasteiger partial charge is 0.496 e. The number of anilines is 1. The highest BCUT2D eigenvalue weighted by molar-refractivity contribution is 5.88. The molecular formula is C14H12N4O. The summed E-state index contributed by atoms with van der Waals surface area (Å²) in [6, 6.07) is 7.72. The molecule has 0 fully saturated rings. The number of methoxy groups -OCH3 is 1. The van der Waals surface area contributed by atoms with Crippen molar-refractivity contribution in [2.24, 2.45) is 0 Å². The van der Waals surface area contributed by atoms with E-state index in [1.165, 1.54) is 0 Å². The van der Waals surface area contributed by atoms with Gasteiger partial charge in [-0.05, 0) is 23.8 Å². The van der Waals surface area contributed by atoms with E-state index in [-0.39, 0.29) is 5.95 Å². The van der Waals surface area contributed by atoms with Crippen LogP contribution in [0.2, 0.25) is 0 Å². The molecule has 5 heteroatoms. The molecule has 0 spiro atoms. The fraction of sp³-hybridized carbons (Fsp3) is 0.0714. The van der Waals surface area contributed by atoms with Crippen molar-refractivity contribution in [2.45, 2.75) is 0 Å². The predicted molar refractivity (Wildman–Crippen MR) is 73.7 cm³/mol. The molecule has 0 amide bonds. The lowest BCUT2D eigenvalue weighted by Crippen LogP contribution is -1.95. The Hall–Kier alpha value is -2.69. The number of aromatic nitrogens is 3. The van der Waals surface area contributed by atoms with Crippen LogP contribution in [0.5, 0.6) is 5.75 Å². The lowest BCUT2D eigenvalue weighted by Gasteiger charge is -2.10. The molecule has 0 unspecified atom stereocenters. The summed E-state index contributed by atoms with van der Waals surface area (Å²) in [5.74, 6) is 1.00. The minimum absolute atomic E-state index is 0.256. The van der Waals surface area contributed by atoms with Gasteiger partial charge in [-0.3, -0.25) is 4.98 Å². The number of pyridine rings is 1. The van der Waals surface area contributed by atoms with E-state index in [0.717, 1.165) is 27.8 Å². The fourth-order valence-corrected chi connectivity index (χ4v) is 2.00. The van der Waals surface area contributed by atoms with E-state index >= 15 is 0 Å². The number of nitrogens with zero attached hydrogens (tertiary/aromatic N) is 3. The molecule has 0 bridgehead atoms. The summed E-state index contributed by atoms with van der Waals surface area (Å²) < 4.78 is 5.43. The van der Waals surface area contributed by atoms with E-state index in [0.29, 0.717) is 0 Å². The maximum absolute atomic E-state index is 5.59. The molecule has 19 heavy (non-hydrogen) atoms. The third kappa shape index (κ3) is 2.06. The summed E-state index contributed by atoms with van der Waals surface area (Å²) in [6.45, 7) is 0. The zero-order valence-corrected chi connectivity index (χ0v) is 10.4. The first kappa shape index (κ1) is 11.4. The zero-order chi connectivity index (χ0) is 13.2. The van der Waals surface area contributed by atoms with Crippen LogP contribution in [0.15, 0.2) is 42.9 Å². The Labute approximate surface area is 110 Å². The van der Waals surface area contributed by atoms with Crippen molar-refractivity contribution in [1.29, 1.82) is 0 Å². The molecule has 0 aliphatic rings. The first-order chi connectivity index (χ1) is 9.28. The number of benzene rings is 1. The second-order valence-corrected chi connectivity index (χ2v) is 4.08. The van der Waals surface area contributed by atoms with Gasteiger partial charge in [-0.1, -0.05) is 0 Å². The maximum atomic E-state index is 5.59. The molecule has 5 nitrogen and oxygen atoms in total. The average Bonchev–Trinajstić information content (AvgIpc) is 2.46. The van der Waals surface area contributed by atoms with Gasteiger partial charge in [-0.25, -0.2) is 9.97 Å². The zero-order valence-electron chi connectivity index (χ0n) is 10.4. The summed E-state index contributed by atoms with van der Waals surface area (Å²) in [5, 5.41) is 0.918. The molecule has 0 saturated heterocycles. The van der Waals surface area contributed by atoms with Gasteiger partial charge < -0.3 is 10.5 Å². The van der Waals surface area contributed by atoms with Gasteiger partial charge in [0.15, 0.2) is 0 Å². The van der Waals surface area contributed by atoms with Gasteiger partial charge in [0.2, 0.25) is 5.95 Å². The summed E-state index contributed by atoms with van der Waals surface area (Å²) in [5.41, 5.74) is 8.37. The van der Waals surface area contributed by atoms with E-state index in [1.807, 2.05) is 24.3 Å². The molecule has 2 N–H and O–H groups in total. The number of ether oxygens (including phenoxy) is 1. The first-order valence-corrected chi connectivity index (χ1v) is 5.78.